The summed E-state index contributed by atoms with van der Waals surface area (Å²) in [6.07, 6.45) is 8.91. The Morgan fingerprint density at radius 2 is 1.95 bits per heavy atom. The van der Waals surface area contributed by atoms with Crippen LogP contribution >= 0.6 is 0 Å². The molecular formula is C16H30N2O2. The van der Waals surface area contributed by atoms with Gasteiger partial charge in [-0.2, -0.15) is 0 Å². The highest BCUT2D eigenvalue weighted by atomic mass is 16.5. The van der Waals surface area contributed by atoms with E-state index in [2.05, 4.69) is 17.1 Å². The number of aliphatic hydroxyl groups is 1. The lowest BCUT2D eigenvalue weighted by molar-refractivity contribution is 0.00325. The first-order valence-electron chi connectivity index (χ1n) is 8.49. The van der Waals surface area contributed by atoms with Crippen molar-refractivity contribution in [1.82, 2.24) is 10.2 Å². The highest BCUT2D eigenvalue weighted by Gasteiger charge is 2.44. The molecule has 0 bridgehead atoms. The summed E-state index contributed by atoms with van der Waals surface area (Å²) in [5.74, 6) is 0. The minimum Gasteiger partial charge on any atom is -0.394 e. The Labute approximate surface area is 122 Å². The molecule has 1 aliphatic heterocycles. The van der Waals surface area contributed by atoms with Crippen LogP contribution in [-0.4, -0.2) is 60.0 Å². The van der Waals surface area contributed by atoms with Gasteiger partial charge in [-0.15, -0.1) is 0 Å². The fraction of sp³-hybridized carbons (Fsp3) is 1.00. The molecule has 2 aliphatic carbocycles. The highest BCUT2D eigenvalue weighted by Crippen LogP contribution is 2.37. The summed E-state index contributed by atoms with van der Waals surface area (Å²) >= 11 is 0. The van der Waals surface area contributed by atoms with Gasteiger partial charge in [0.15, 0.2) is 0 Å². The van der Waals surface area contributed by atoms with Crippen molar-refractivity contribution < 1.29 is 9.84 Å². The molecule has 0 spiro atoms. The first kappa shape index (κ1) is 14.8. The first-order valence-corrected chi connectivity index (χ1v) is 8.49. The van der Waals surface area contributed by atoms with Gasteiger partial charge in [-0.1, -0.05) is 0 Å². The molecular weight excluding hydrogens is 252 g/mol. The number of nitrogens with one attached hydrogen (secondary N) is 1. The second-order valence-corrected chi connectivity index (χ2v) is 6.94. The average molecular weight is 282 g/mol. The number of aliphatic hydroxyl groups excluding tert-OH is 1. The van der Waals surface area contributed by atoms with Crippen molar-refractivity contribution in [3.05, 3.63) is 0 Å². The Morgan fingerprint density at radius 3 is 2.55 bits per heavy atom. The van der Waals surface area contributed by atoms with Crippen molar-refractivity contribution in [1.29, 1.82) is 0 Å². The van der Waals surface area contributed by atoms with E-state index in [9.17, 15) is 5.11 Å². The van der Waals surface area contributed by atoms with Gasteiger partial charge in [0, 0.05) is 37.3 Å². The minimum atomic E-state index is 0.0165. The molecule has 0 amide bonds. The van der Waals surface area contributed by atoms with Gasteiger partial charge in [-0.3, -0.25) is 0 Å². The zero-order valence-corrected chi connectivity index (χ0v) is 12.8. The molecule has 3 fully saturated rings. The average Bonchev–Trinajstić information content (AvgIpc) is 3.18. The van der Waals surface area contributed by atoms with Crippen molar-refractivity contribution >= 4 is 0 Å². The van der Waals surface area contributed by atoms with Crippen molar-refractivity contribution in [2.75, 3.05) is 26.3 Å². The van der Waals surface area contributed by atoms with Crippen molar-refractivity contribution in [2.45, 2.75) is 75.6 Å². The molecule has 0 aromatic carbocycles. The van der Waals surface area contributed by atoms with E-state index in [0.717, 1.165) is 19.4 Å². The van der Waals surface area contributed by atoms with Gasteiger partial charge in [0.2, 0.25) is 0 Å². The second-order valence-electron chi connectivity index (χ2n) is 6.94. The fourth-order valence-electron chi connectivity index (χ4n) is 4.03. The highest BCUT2D eigenvalue weighted by molar-refractivity contribution is 5.03. The summed E-state index contributed by atoms with van der Waals surface area (Å²) in [7, 11) is 0. The summed E-state index contributed by atoms with van der Waals surface area (Å²) in [6.45, 7) is 5.56. The van der Waals surface area contributed by atoms with E-state index in [0.29, 0.717) is 24.8 Å². The lowest BCUT2D eigenvalue weighted by atomic mass is 9.97. The normalized spacial score (nSPS) is 36.6. The van der Waals surface area contributed by atoms with Crippen molar-refractivity contribution in [3.8, 4) is 0 Å². The number of piperidine rings is 1. The molecule has 20 heavy (non-hydrogen) atoms. The molecule has 0 aromatic heterocycles. The predicted molar refractivity (Wildman–Crippen MR) is 79.8 cm³/mol. The van der Waals surface area contributed by atoms with Gasteiger partial charge in [0.25, 0.3) is 0 Å². The maximum atomic E-state index is 9.82. The van der Waals surface area contributed by atoms with Gasteiger partial charge in [-0.25, -0.2) is 0 Å². The molecule has 116 valence electrons. The Kier molecular flexibility index (Phi) is 4.65. The molecule has 3 aliphatic rings. The second kappa shape index (κ2) is 6.30. The minimum absolute atomic E-state index is 0.0165. The number of ether oxygens (including phenoxy) is 1. The van der Waals surface area contributed by atoms with Crippen LogP contribution in [0, 0.1) is 0 Å². The van der Waals surface area contributed by atoms with Crippen LogP contribution in [0.15, 0.2) is 0 Å². The van der Waals surface area contributed by atoms with E-state index in [4.69, 9.17) is 4.74 Å². The standard InChI is InChI=1S/C16H30N2O2/c1-2-20-15-6-9-18(10-7-15)14-5-8-16(11-14,12-19)17-13-3-4-13/h13-15,17,19H,2-12H2,1H3. The van der Waals surface area contributed by atoms with Crippen LogP contribution in [0.3, 0.4) is 0 Å². The molecule has 3 rings (SSSR count). The van der Waals surface area contributed by atoms with E-state index >= 15 is 0 Å². The Bertz CT molecular complexity index is 314. The Balaban J connectivity index is 1.49. The number of hydrogen-bond acceptors (Lipinski definition) is 4. The summed E-state index contributed by atoms with van der Waals surface area (Å²) in [5, 5.41) is 13.5. The van der Waals surface area contributed by atoms with E-state index in [-0.39, 0.29) is 5.54 Å². The molecule has 2 unspecified atom stereocenters. The SMILES string of the molecule is CCOC1CCN(C2CCC(CO)(NC3CC3)C2)CC1. The third-order valence-corrected chi connectivity index (χ3v) is 5.37. The van der Waals surface area contributed by atoms with E-state index in [1.807, 2.05) is 0 Å². The summed E-state index contributed by atoms with van der Waals surface area (Å²) in [5.41, 5.74) is 0.0165. The zero-order valence-electron chi connectivity index (χ0n) is 12.8. The third kappa shape index (κ3) is 3.35. The van der Waals surface area contributed by atoms with Crippen LogP contribution in [0.1, 0.15) is 51.9 Å². The maximum absolute atomic E-state index is 9.82. The molecule has 4 nitrogen and oxygen atoms in total. The topological polar surface area (TPSA) is 44.7 Å². The van der Waals surface area contributed by atoms with E-state index in [1.54, 1.807) is 0 Å². The Hall–Kier alpha value is -0.160. The molecule has 0 radical (unpaired) electrons. The number of nitrogens with zero attached hydrogens (tertiary/aromatic N) is 1. The van der Waals surface area contributed by atoms with Gasteiger partial charge in [0.05, 0.1) is 12.7 Å². The zero-order chi connectivity index (χ0) is 14.0. The molecule has 4 heteroatoms. The smallest absolute Gasteiger partial charge is 0.0614 e. The third-order valence-electron chi connectivity index (χ3n) is 5.37. The van der Waals surface area contributed by atoms with Crippen LogP contribution in [0.2, 0.25) is 0 Å². The van der Waals surface area contributed by atoms with Gasteiger partial charge < -0.3 is 20.1 Å². The van der Waals surface area contributed by atoms with Gasteiger partial charge >= 0.3 is 0 Å². The van der Waals surface area contributed by atoms with Crippen LogP contribution in [0.5, 0.6) is 0 Å². The van der Waals surface area contributed by atoms with E-state index < -0.39 is 0 Å². The number of hydrogen-bond donors (Lipinski definition) is 2. The van der Waals surface area contributed by atoms with Crippen LogP contribution in [-0.2, 0) is 4.74 Å². The number of likely N-dealkylation sites (tertiary alicyclic amines) is 1. The lowest BCUT2D eigenvalue weighted by Gasteiger charge is -2.37. The summed E-state index contributed by atoms with van der Waals surface area (Å²) < 4.78 is 5.74. The first-order chi connectivity index (χ1) is 9.74. The maximum Gasteiger partial charge on any atom is 0.0614 e. The lowest BCUT2D eigenvalue weighted by Crippen LogP contribution is -2.50. The largest absolute Gasteiger partial charge is 0.394 e. The fourth-order valence-corrected chi connectivity index (χ4v) is 4.03. The molecule has 2 saturated carbocycles. The predicted octanol–water partition coefficient (Wildman–Crippen LogP) is 1.52. The molecule has 1 heterocycles. The summed E-state index contributed by atoms with van der Waals surface area (Å²) in [4.78, 5) is 2.64. The van der Waals surface area contributed by atoms with Crippen molar-refractivity contribution in [2.24, 2.45) is 0 Å². The Morgan fingerprint density at radius 1 is 1.20 bits per heavy atom. The quantitative estimate of drug-likeness (QED) is 0.775. The number of rotatable bonds is 6. The van der Waals surface area contributed by atoms with E-state index in [1.165, 1.54) is 45.2 Å². The van der Waals surface area contributed by atoms with Crippen LogP contribution in [0.25, 0.3) is 0 Å². The van der Waals surface area contributed by atoms with Crippen LogP contribution in [0.4, 0.5) is 0 Å². The van der Waals surface area contributed by atoms with Gasteiger partial charge in [0.1, 0.15) is 0 Å². The monoisotopic (exact) mass is 282 g/mol. The molecule has 2 N–H and O–H groups in total. The molecule has 1 saturated heterocycles. The van der Waals surface area contributed by atoms with Crippen molar-refractivity contribution in [3.63, 3.8) is 0 Å². The summed E-state index contributed by atoms with van der Waals surface area (Å²) in [6, 6.07) is 1.35. The molecule has 0 aromatic rings. The van der Waals surface area contributed by atoms with Gasteiger partial charge in [-0.05, 0) is 51.9 Å². The molecule has 2 atom stereocenters. The van der Waals surface area contributed by atoms with Crippen LogP contribution < -0.4 is 5.32 Å².